The zero-order valence-corrected chi connectivity index (χ0v) is 8.33. The minimum Gasteiger partial charge on any atom is -0.307 e. The number of H-pyrrole nitrogens is 1. The molecule has 8 heteroatoms. The molecule has 1 aromatic rings. The molecule has 0 aliphatic carbocycles. The van der Waals surface area contributed by atoms with Gasteiger partial charge in [0.2, 0.25) is 0 Å². The van der Waals surface area contributed by atoms with Crippen LogP contribution in [0.3, 0.4) is 0 Å². The van der Waals surface area contributed by atoms with E-state index in [0.717, 1.165) is 5.69 Å². The Hall–Kier alpha value is -0.990. The van der Waals surface area contributed by atoms with Crippen molar-refractivity contribution in [1.29, 1.82) is 0 Å². The molecule has 1 rings (SSSR count). The SMILES string of the molecule is NCOS(=O)(=O)CCCc1c[nH]nn1. The Morgan fingerprint density at radius 2 is 2.36 bits per heavy atom. The Morgan fingerprint density at radius 3 is 2.93 bits per heavy atom. The van der Waals surface area contributed by atoms with Crippen LogP contribution in [0.25, 0.3) is 0 Å². The minimum atomic E-state index is -3.47. The van der Waals surface area contributed by atoms with E-state index in [0.29, 0.717) is 12.8 Å². The van der Waals surface area contributed by atoms with Gasteiger partial charge in [0, 0.05) is 6.20 Å². The summed E-state index contributed by atoms with van der Waals surface area (Å²) >= 11 is 0. The van der Waals surface area contributed by atoms with Gasteiger partial charge in [-0.15, -0.1) is 5.10 Å². The Kier molecular flexibility index (Phi) is 3.98. The lowest BCUT2D eigenvalue weighted by molar-refractivity contribution is 0.328. The van der Waals surface area contributed by atoms with Gasteiger partial charge in [0.25, 0.3) is 10.1 Å². The topological polar surface area (TPSA) is 111 Å². The van der Waals surface area contributed by atoms with Crippen LogP contribution in [0.4, 0.5) is 0 Å². The van der Waals surface area contributed by atoms with Crippen molar-refractivity contribution in [3.05, 3.63) is 11.9 Å². The minimum absolute atomic E-state index is 0.0585. The third-order valence-corrected chi connectivity index (χ3v) is 2.83. The van der Waals surface area contributed by atoms with Crippen LogP contribution in [0.5, 0.6) is 0 Å². The van der Waals surface area contributed by atoms with Gasteiger partial charge in [-0.2, -0.15) is 8.42 Å². The molecule has 0 saturated heterocycles. The summed E-state index contributed by atoms with van der Waals surface area (Å²) in [7, 11) is -3.47. The molecule has 0 aromatic carbocycles. The fraction of sp³-hybridized carbons (Fsp3) is 0.667. The fourth-order valence-corrected chi connectivity index (χ4v) is 1.76. The second-order valence-corrected chi connectivity index (χ2v) is 4.37. The Balaban J connectivity index is 2.28. The van der Waals surface area contributed by atoms with Gasteiger partial charge in [-0.05, 0) is 12.8 Å². The maximum Gasteiger partial charge on any atom is 0.268 e. The van der Waals surface area contributed by atoms with Crippen LogP contribution in [0.15, 0.2) is 6.20 Å². The van der Waals surface area contributed by atoms with E-state index in [1.807, 2.05) is 0 Å². The quantitative estimate of drug-likeness (QED) is 0.470. The van der Waals surface area contributed by atoms with Gasteiger partial charge in [0.15, 0.2) is 0 Å². The number of rotatable bonds is 6. The molecule has 0 radical (unpaired) electrons. The van der Waals surface area contributed by atoms with E-state index in [-0.39, 0.29) is 12.5 Å². The predicted octanol–water partition coefficient (Wildman–Crippen LogP) is -1.00. The van der Waals surface area contributed by atoms with Crippen molar-refractivity contribution >= 4 is 10.1 Å². The van der Waals surface area contributed by atoms with Crippen LogP contribution in [0.1, 0.15) is 12.1 Å². The first-order valence-corrected chi connectivity index (χ1v) is 5.64. The third-order valence-electron chi connectivity index (χ3n) is 1.54. The summed E-state index contributed by atoms with van der Waals surface area (Å²) in [4.78, 5) is 0. The van der Waals surface area contributed by atoms with Gasteiger partial charge >= 0.3 is 0 Å². The molecule has 0 unspecified atom stereocenters. The van der Waals surface area contributed by atoms with Gasteiger partial charge in [0.05, 0.1) is 11.4 Å². The van der Waals surface area contributed by atoms with Gasteiger partial charge in [-0.3, -0.25) is 9.28 Å². The zero-order chi connectivity index (χ0) is 10.4. The van der Waals surface area contributed by atoms with E-state index < -0.39 is 10.1 Å². The average Bonchev–Trinajstić information content (AvgIpc) is 2.56. The molecule has 0 amide bonds. The van der Waals surface area contributed by atoms with E-state index >= 15 is 0 Å². The average molecular weight is 220 g/mol. The van der Waals surface area contributed by atoms with Gasteiger partial charge in [-0.25, -0.2) is 0 Å². The standard InChI is InChI=1S/C6H12N4O3S/c7-5-13-14(11,12)3-1-2-6-4-8-10-9-6/h4H,1-3,5,7H2,(H,8,9,10). The lowest BCUT2D eigenvalue weighted by Gasteiger charge is -2.01. The molecule has 0 bridgehead atoms. The summed E-state index contributed by atoms with van der Waals surface area (Å²) in [6, 6.07) is 0. The molecule has 0 aliphatic heterocycles. The number of nitrogens with one attached hydrogen (secondary N) is 1. The number of hydrogen-bond acceptors (Lipinski definition) is 6. The van der Waals surface area contributed by atoms with Crippen LogP contribution in [0.2, 0.25) is 0 Å². The first kappa shape index (κ1) is 11.1. The number of aryl methyl sites for hydroxylation is 1. The van der Waals surface area contributed by atoms with Crippen LogP contribution in [-0.2, 0) is 20.7 Å². The molecule has 1 heterocycles. The largest absolute Gasteiger partial charge is 0.307 e. The molecule has 0 spiro atoms. The third kappa shape index (κ3) is 3.81. The molecule has 0 fully saturated rings. The Bertz CT molecular complexity index is 347. The van der Waals surface area contributed by atoms with Crippen LogP contribution < -0.4 is 5.73 Å². The number of hydrogen-bond donors (Lipinski definition) is 2. The number of nitrogens with zero attached hydrogens (tertiary/aromatic N) is 2. The van der Waals surface area contributed by atoms with Crippen molar-refractivity contribution in [2.45, 2.75) is 12.8 Å². The number of nitrogens with two attached hydrogens (primary N) is 1. The summed E-state index contributed by atoms with van der Waals surface area (Å²) in [6.07, 6.45) is 2.61. The van der Waals surface area contributed by atoms with E-state index in [1.165, 1.54) is 0 Å². The van der Waals surface area contributed by atoms with Gasteiger partial charge in [-0.1, -0.05) is 5.21 Å². The number of aromatic nitrogens is 3. The Morgan fingerprint density at radius 1 is 1.57 bits per heavy atom. The van der Waals surface area contributed by atoms with Crippen molar-refractivity contribution in [1.82, 2.24) is 15.4 Å². The van der Waals surface area contributed by atoms with Gasteiger partial charge < -0.3 is 5.73 Å². The molecular formula is C6H12N4O3S. The highest BCUT2D eigenvalue weighted by Gasteiger charge is 2.09. The smallest absolute Gasteiger partial charge is 0.268 e. The monoisotopic (exact) mass is 220 g/mol. The second kappa shape index (κ2) is 5.03. The number of aromatic amines is 1. The van der Waals surface area contributed by atoms with Crippen molar-refractivity contribution in [2.75, 3.05) is 12.5 Å². The first-order chi connectivity index (χ1) is 6.64. The van der Waals surface area contributed by atoms with Crippen LogP contribution in [0, 0.1) is 0 Å². The lowest BCUT2D eigenvalue weighted by Crippen LogP contribution is -2.16. The maximum absolute atomic E-state index is 11.0. The molecule has 3 N–H and O–H groups in total. The molecule has 14 heavy (non-hydrogen) atoms. The molecule has 0 saturated carbocycles. The van der Waals surface area contributed by atoms with Gasteiger partial charge in [0.1, 0.15) is 6.73 Å². The Labute approximate surface area is 81.8 Å². The van der Waals surface area contributed by atoms with E-state index in [2.05, 4.69) is 19.6 Å². The summed E-state index contributed by atoms with van der Waals surface area (Å²) < 4.78 is 26.4. The molecule has 0 aliphatic rings. The highest BCUT2D eigenvalue weighted by Crippen LogP contribution is 2.00. The highest BCUT2D eigenvalue weighted by atomic mass is 32.2. The predicted molar refractivity (Wildman–Crippen MR) is 48.6 cm³/mol. The molecule has 80 valence electrons. The summed E-state index contributed by atoms with van der Waals surface area (Å²) in [5.74, 6) is -0.0585. The molecule has 0 atom stereocenters. The summed E-state index contributed by atoms with van der Waals surface area (Å²) in [6.45, 7) is -0.313. The van der Waals surface area contributed by atoms with Crippen molar-refractivity contribution in [2.24, 2.45) is 5.73 Å². The van der Waals surface area contributed by atoms with Crippen LogP contribution in [-0.4, -0.2) is 36.3 Å². The molecular weight excluding hydrogens is 208 g/mol. The van der Waals surface area contributed by atoms with Crippen molar-refractivity contribution < 1.29 is 12.6 Å². The van der Waals surface area contributed by atoms with Crippen molar-refractivity contribution in [3.8, 4) is 0 Å². The van der Waals surface area contributed by atoms with E-state index in [4.69, 9.17) is 5.73 Å². The second-order valence-electron chi connectivity index (χ2n) is 2.61. The summed E-state index contributed by atoms with van der Waals surface area (Å²) in [5.41, 5.74) is 5.68. The highest BCUT2D eigenvalue weighted by molar-refractivity contribution is 7.86. The summed E-state index contributed by atoms with van der Waals surface area (Å²) in [5, 5.41) is 9.75. The van der Waals surface area contributed by atoms with Crippen molar-refractivity contribution in [3.63, 3.8) is 0 Å². The van der Waals surface area contributed by atoms with E-state index in [9.17, 15) is 8.42 Å². The molecule has 7 nitrogen and oxygen atoms in total. The molecule has 1 aromatic heterocycles. The zero-order valence-electron chi connectivity index (χ0n) is 7.51. The fourth-order valence-electron chi connectivity index (χ4n) is 0.940. The van der Waals surface area contributed by atoms with Crippen LogP contribution >= 0.6 is 0 Å². The normalized spacial score (nSPS) is 11.8. The maximum atomic E-state index is 11.0. The first-order valence-electron chi connectivity index (χ1n) is 4.06. The lowest BCUT2D eigenvalue weighted by atomic mass is 10.3. The van der Waals surface area contributed by atoms with E-state index in [1.54, 1.807) is 6.20 Å².